The van der Waals surface area contributed by atoms with E-state index in [4.69, 9.17) is 18.9 Å². The molecule has 18 heteroatoms. The van der Waals surface area contributed by atoms with E-state index < -0.39 is 96.6 Å². The zero-order chi connectivity index (χ0) is 42.8. The number of amides is 4. The maximum atomic E-state index is 13.4. The van der Waals surface area contributed by atoms with E-state index in [0.29, 0.717) is 51.9 Å². The number of aliphatic hydroxyl groups excluding tert-OH is 6. The molecule has 56 heavy (non-hydrogen) atoms. The third kappa shape index (κ3) is 18.4. The minimum atomic E-state index is -2.18. The number of hydrogen-bond acceptors (Lipinski definition) is 14. The van der Waals surface area contributed by atoms with Gasteiger partial charge in [-0.3, -0.25) is 19.2 Å². The standard InChI is InChI=1S/C38H72N4O14/c1-10-53-37(6,7)17-15-27(45)39-19-13-12-14-25(42-28(46)16-18-38(8,9)54-11-2)35(51)40-20-22(3)30(47)32(49)33(50)36(52)56-34-26(21-43)55-23(4)29(31(34)48)41-24(5)44/h22-23,25-26,29-34,36,43,47-50,52H,10-21H2,1-9H3,(H,39,45)(H,40,51)(H,41,44)(H,42,46)/t22?,23?,25-,26?,29?,30?,31?,32?,33?,34?,36?/m0/s1. The molecule has 1 rings (SSSR count). The van der Waals surface area contributed by atoms with Gasteiger partial charge in [0.25, 0.3) is 0 Å². The van der Waals surface area contributed by atoms with Crippen molar-refractivity contribution in [1.29, 1.82) is 0 Å². The molecule has 1 aliphatic heterocycles. The lowest BCUT2D eigenvalue weighted by Crippen LogP contribution is -2.65. The van der Waals surface area contributed by atoms with E-state index >= 15 is 0 Å². The zero-order valence-corrected chi connectivity index (χ0v) is 34.8. The third-order valence-electron chi connectivity index (χ3n) is 9.86. The molecule has 1 fully saturated rings. The highest BCUT2D eigenvalue weighted by Gasteiger charge is 2.47. The average Bonchev–Trinajstić information content (AvgIpc) is 3.12. The summed E-state index contributed by atoms with van der Waals surface area (Å²) in [5.41, 5.74) is -0.961. The van der Waals surface area contributed by atoms with Gasteiger partial charge in [-0.2, -0.15) is 0 Å². The Bertz CT molecular complexity index is 1190. The lowest BCUT2D eigenvalue weighted by molar-refractivity contribution is -0.280. The largest absolute Gasteiger partial charge is 0.394 e. The Morgan fingerprint density at radius 2 is 1.41 bits per heavy atom. The lowest BCUT2D eigenvalue weighted by Gasteiger charge is -2.44. The van der Waals surface area contributed by atoms with Crippen LogP contribution in [0.5, 0.6) is 0 Å². The molecule has 1 heterocycles. The minimum Gasteiger partial charge on any atom is -0.394 e. The molecule has 0 radical (unpaired) electrons. The van der Waals surface area contributed by atoms with E-state index in [1.807, 2.05) is 41.5 Å². The second-order valence-corrected chi connectivity index (χ2v) is 15.8. The van der Waals surface area contributed by atoms with Crippen LogP contribution in [-0.4, -0.2) is 159 Å². The highest BCUT2D eigenvalue weighted by atomic mass is 16.6. The van der Waals surface area contributed by atoms with Gasteiger partial charge < -0.3 is 70.9 Å². The van der Waals surface area contributed by atoms with E-state index in [0.717, 1.165) is 0 Å². The van der Waals surface area contributed by atoms with Crippen LogP contribution < -0.4 is 21.3 Å². The second kappa shape index (κ2) is 25.1. The van der Waals surface area contributed by atoms with Crippen LogP contribution in [0, 0.1) is 5.92 Å². The van der Waals surface area contributed by atoms with Crippen molar-refractivity contribution in [1.82, 2.24) is 21.3 Å². The summed E-state index contributed by atoms with van der Waals surface area (Å²) in [6, 6.07) is -1.93. The van der Waals surface area contributed by atoms with Crippen LogP contribution >= 0.6 is 0 Å². The number of aliphatic hydroxyl groups is 6. The lowest BCUT2D eigenvalue weighted by atomic mass is 9.92. The fraction of sp³-hybridized carbons (Fsp3) is 0.895. The van der Waals surface area contributed by atoms with Gasteiger partial charge in [0.05, 0.1) is 36.1 Å². The van der Waals surface area contributed by atoms with Crippen molar-refractivity contribution in [3.8, 4) is 0 Å². The monoisotopic (exact) mass is 809 g/mol. The van der Waals surface area contributed by atoms with E-state index in [1.165, 1.54) is 13.8 Å². The molecule has 10 unspecified atom stereocenters. The molecule has 0 aromatic heterocycles. The summed E-state index contributed by atoms with van der Waals surface area (Å²) < 4.78 is 22.3. The first-order valence-corrected chi connectivity index (χ1v) is 19.8. The number of ether oxygens (including phenoxy) is 4. The van der Waals surface area contributed by atoms with Crippen LogP contribution in [0.15, 0.2) is 0 Å². The fourth-order valence-corrected chi connectivity index (χ4v) is 6.43. The zero-order valence-electron chi connectivity index (χ0n) is 34.8. The molecule has 10 N–H and O–H groups in total. The third-order valence-corrected chi connectivity index (χ3v) is 9.86. The number of unbranched alkanes of at least 4 members (excludes halogenated alkanes) is 1. The summed E-state index contributed by atoms with van der Waals surface area (Å²) in [4.78, 5) is 50.3. The van der Waals surface area contributed by atoms with Gasteiger partial charge in [0.2, 0.25) is 23.6 Å². The molecule has 0 bridgehead atoms. The number of hydrogen-bond donors (Lipinski definition) is 10. The van der Waals surface area contributed by atoms with Gasteiger partial charge in [-0.25, -0.2) is 0 Å². The highest BCUT2D eigenvalue weighted by Crippen LogP contribution is 2.26. The van der Waals surface area contributed by atoms with Gasteiger partial charge in [0.1, 0.15) is 36.6 Å². The molecular formula is C38H72N4O14. The first-order chi connectivity index (χ1) is 26.1. The van der Waals surface area contributed by atoms with Crippen LogP contribution in [-0.2, 0) is 38.1 Å². The van der Waals surface area contributed by atoms with Gasteiger partial charge in [-0.05, 0) is 80.6 Å². The summed E-state index contributed by atoms with van der Waals surface area (Å²) >= 11 is 0. The SMILES string of the molecule is CCOC(C)(C)CCC(=O)NCCCC[C@H](NC(=O)CCC(C)(C)OCC)C(=O)NCC(C)C(O)C(O)C(O)C(O)OC1C(CO)OC(C)C(NC(C)=O)C1O. The Labute approximate surface area is 331 Å². The van der Waals surface area contributed by atoms with E-state index in [1.54, 1.807) is 6.92 Å². The molecule has 1 aliphatic rings. The topological polar surface area (TPSA) is 275 Å². The molecule has 1 saturated heterocycles. The number of nitrogens with one attached hydrogen (secondary N) is 4. The molecule has 0 spiro atoms. The van der Waals surface area contributed by atoms with Crippen molar-refractivity contribution in [2.75, 3.05) is 32.9 Å². The minimum absolute atomic E-state index is 0.102. The van der Waals surface area contributed by atoms with Gasteiger partial charge in [-0.15, -0.1) is 0 Å². The van der Waals surface area contributed by atoms with Crippen LogP contribution in [0.4, 0.5) is 0 Å². The molecule has 0 aromatic rings. The summed E-state index contributed by atoms with van der Waals surface area (Å²) in [6.45, 7) is 16.2. The highest BCUT2D eigenvalue weighted by molar-refractivity contribution is 5.87. The van der Waals surface area contributed by atoms with Crippen LogP contribution in [0.2, 0.25) is 0 Å². The Morgan fingerprint density at radius 3 is 1.95 bits per heavy atom. The predicted octanol–water partition coefficient (Wildman–Crippen LogP) is -0.868. The summed E-state index contributed by atoms with van der Waals surface area (Å²) in [5.74, 6) is -2.39. The smallest absolute Gasteiger partial charge is 0.242 e. The summed E-state index contributed by atoms with van der Waals surface area (Å²) in [5, 5.41) is 74.4. The van der Waals surface area contributed by atoms with Crippen molar-refractivity contribution in [2.45, 2.75) is 180 Å². The predicted molar refractivity (Wildman–Crippen MR) is 205 cm³/mol. The summed E-state index contributed by atoms with van der Waals surface area (Å²) in [6.07, 6.45) is -10.2. The Hall–Kier alpha value is -2.52. The van der Waals surface area contributed by atoms with Crippen molar-refractivity contribution < 1.29 is 68.8 Å². The molecule has 0 aromatic carbocycles. The Morgan fingerprint density at radius 1 is 0.839 bits per heavy atom. The van der Waals surface area contributed by atoms with Crippen LogP contribution in [0.25, 0.3) is 0 Å². The van der Waals surface area contributed by atoms with Crippen molar-refractivity contribution >= 4 is 23.6 Å². The van der Waals surface area contributed by atoms with Crippen molar-refractivity contribution in [2.24, 2.45) is 5.92 Å². The molecule has 18 nitrogen and oxygen atoms in total. The summed E-state index contributed by atoms with van der Waals surface area (Å²) in [7, 11) is 0. The first-order valence-electron chi connectivity index (χ1n) is 19.8. The molecule has 328 valence electrons. The quantitative estimate of drug-likeness (QED) is 0.0357. The molecule has 0 saturated carbocycles. The van der Waals surface area contributed by atoms with Crippen LogP contribution in [0.3, 0.4) is 0 Å². The van der Waals surface area contributed by atoms with Crippen LogP contribution in [0.1, 0.15) is 107 Å². The normalized spacial score (nSPS) is 23.6. The Balaban J connectivity index is 2.84. The van der Waals surface area contributed by atoms with E-state index in [9.17, 15) is 49.8 Å². The Kier molecular flexibility index (Phi) is 23.1. The molecule has 0 aliphatic carbocycles. The molecule has 4 amide bonds. The van der Waals surface area contributed by atoms with Gasteiger partial charge in [-0.1, -0.05) is 6.92 Å². The van der Waals surface area contributed by atoms with Gasteiger partial charge in [0.15, 0.2) is 6.29 Å². The van der Waals surface area contributed by atoms with E-state index in [2.05, 4.69) is 21.3 Å². The van der Waals surface area contributed by atoms with Gasteiger partial charge in [0, 0.05) is 52.0 Å². The number of rotatable bonds is 27. The first kappa shape index (κ1) is 51.5. The van der Waals surface area contributed by atoms with Crippen molar-refractivity contribution in [3.63, 3.8) is 0 Å². The number of carbonyl (C=O) groups is 4. The molecule has 11 atom stereocenters. The fourth-order valence-electron chi connectivity index (χ4n) is 6.43. The maximum Gasteiger partial charge on any atom is 0.242 e. The molecular weight excluding hydrogens is 736 g/mol. The number of carbonyl (C=O) groups excluding carboxylic acids is 4. The second-order valence-electron chi connectivity index (χ2n) is 15.8. The van der Waals surface area contributed by atoms with Crippen molar-refractivity contribution in [3.05, 3.63) is 0 Å². The average molecular weight is 809 g/mol. The maximum absolute atomic E-state index is 13.4. The van der Waals surface area contributed by atoms with E-state index in [-0.39, 0.29) is 31.2 Å². The van der Waals surface area contributed by atoms with Gasteiger partial charge >= 0.3 is 0 Å².